The number of ether oxygens (including phenoxy) is 3. The van der Waals surface area contributed by atoms with Crippen molar-refractivity contribution in [2.24, 2.45) is 0 Å². The number of aliphatic hydroxyl groups excluding tert-OH is 1. The first-order chi connectivity index (χ1) is 17.4. The standard InChI is InChI=1S/C29H37NO6/c1-5-7-8-17-36-23-14-12-21(13-15-23)27(31)25-26(22-10-9-11-24(19-22)34-6-2)30(29(33)28(25)32)16-18-35-20(3)4/h9-15,19-20,26,31H,5-8,16-18H2,1-4H3/b27-25-. The molecule has 2 aromatic carbocycles. The zero-order valence-electron chi connectivity index (χ0n) is 21.7. The predicted molar refractivity (Wildman–Crippen MR) is 139 cm³/mol. The van der Waals surface area contributed by atoms with E-state index in [-0.39, 0.29) is 30.6 Å². The molecular formula is C29H37NO6. The van der Waals surface area contributed by atoms with Crippen LogP contribution in [0.4, 0.5) is 0 Å². The third kappa shape index (κ3) is 6.66. The molecule has 1 unspecified atom stereocenters. The van der Waals surface area contributed by atoms with E-state index in [2.05, 4.69) is 6.92 Å². The Morgan fingerprint density at radius 1 is 0.972 bits per heavy atom. The summed E-state index contributed by atoms with van der Waals surface area (Å²) in [6, 6.07) is 13.4. The number of aliphatic hydroxyl groups is 1. The second-order valence-corrected chi connectivity index (χ2v) is 9.00. The highest BCUT2D eigenvalue weighted by atomic mass is 16.5. The van der Waals surface area contributed by atoms with Gasteiger partial charge in [0, 0.05) is 12.1 Å². The van der Waals surface area contributed by atoms with Crippen LogP contribution in [-0.2, 0) is 14.3 Å². The Bertz CT molecular complexity index is 1060. The summed E-state index contributed by atoms with van der Waals surface area (Å²) in [6.07, 6.45) is 3.18. The number of nitrogens with zero attached hydrogens (tertiary/aromatic N) is 1. The SMILES string of the molecule is CCCCCOc1ccc(/C(O)=C2/C(=O)C(=O)N(CCOC(C)C)C2c2cccc(OCC)c2)cc1. The van der Waals surface area contributed by atoms with Crippen LogP contribution in [0.3, 0.4) is 0 Å². The van der Waals surface area contributed by atoms with Crippen LogP contribution >= 0.6 is 0 Å². The van der Waals surface area contributed by atoms with Crippen molar-refractivity contribution in [2.75, 3.05) is 26.4 Å². The van der Waals surface area contributed by atoms with Gasteiger partial charge in [-0.25, -0.2) is 0 Å². The molecule has 1 aliphatic heterocycles. The monoisotopic (exact) mass is 495 g/mol. The van der Waals surface area contributed by atoms with E-state index in [1.54, 1.807) is 30.3 Å². The summed E-state index contributed by atoms with van der Waals surface area (Å²) in [5.74, 6) is -0.279. The largest absolute Gasteiger partial charge is 0.507 e. The van der Waals surface area contributed by atoms with Crippen molar-refractivity contribution in [3.05, 3.63) is 65.2 Å². The maximum absolute atomic E-state index is 13.2. The van der Waals surface area contributed by atoms with Crippen molar-refractivity contribution >= 4 is 17.4 Å². The van der Waals surface area contributed by atoms with Crippen LogP contribution in [0.1, 0.15) is 64.1 Å². The van der Waals surface area contributed by atoms with E-state index in [0.717, 1.165) is 19.3 Å². The van der Waals surface area contributed by atoms with Gasteiger partial charge in [0.1, 0.15) is 17.3 Å². The molecule has 0 spiro atoms. The lowest BCUT2D eigenvalue weighted by Gasteiger charge is -2.26. The van der Waals surface area contributed by atoms with Gasteiger partial charge in [-0.05, 0) is 69.2 Å². The van der Waals surface area contributed by atoms with Crippen LogP contribution in [0.25, 0.3) is 5.76 Å². The first-order valence-electron chi connectivity index (χ1n) is 12.7. The van der Waals surface area contributed by atoms with Crippen LogP contribution < -0.4 is 9.47 Å². The van der Waals surface area contributed by atoms with Gasteiger partial charge < -0.3 is 24.2 Å². The number of rotatable bonds is 13. The normalized spacial score (nSPS) is 17.1. The summed E-state index contributed by atoms with van der Waals surface area (Å²) in [6.45, 7) is 9.45. The Morgan fingerprint density at radius 2 is 1.72 bits per heavy atom. The van der Waals surface area contributed by atoms with Gasteiger partial charge in [0.2, 0.25) is 0 Å². The summed E-state index contributed by atoms with van der Waals surface area (Å²) in [5.41, 5.74) is 1.18. The molecule has 0 bridgehead atoms. The lowest BCUT2D eigenvalue weighted by atomic mass is 9.95. The van der Waals surface area contributed by atoms with Gasteiger partial charge in [-0.3, -0.25) is 9.59 Å². The van der Waals surface area contributed by atoms with Gasteiger partial charge in [-0.2, -0.15) is 0 Å². The second kappa shape index (κ2) is 13.1. The number of likely N-dealkylation sites (tertiary alicyclic amines) is 1. The van der Waals surface area contributed by atoms with E-state index in [1.165, 1.54) is 4.90 Å². The lowest BCUT2D eigenvalue weighted by molar-refractivity contribution is -0.140. The molecule has 2 aromatic rings. The zero-order valence-corrected chi connectivity index (χ0v) is 21.7. The molecule has 1 atom stereocenters. The number of benzene rings is 2. The molecule has 1 aliphatic rings. The van der Waals surface area contributed by atoms with Crippen LogP contribution in [-0.4, -0.2) is 54.2 Å². The number of unbranched alkanes of at least 4 members (excludes halogenated alkanes) is 2. The zero-order chi connectivity index (χ0) is 26.1. The number of ketones is 1. The fourth-order valence-corrected chi connectivity index (χ4v) is 4.19. The van der Waals surface area contributed by atoms with Crippen molar-refractivity contribution in [1.29, 1.82) is 0 Å². The molecule has 0 aliphatic carbocycles. The van der Waals surface area contributed by atoms with E-state index in [4.69, 9.17) is 14.2 Å². The molecular weight excluding hydrogens is 458 g/mol. The molecule has 1 heterocycles. The van der Waals surface area contributed by atoms with Crippen molar-refractivity contribution < 1.29 is 28.9 Å². The summed E-state index contributed by atoms with van der Waals surface area (Å²) in [7, 11) is 0. The highest BCUT2D eigenvalue weighted by Gasteiger charge is 2.46. The molecule has 7 nitrogen and oxygen atoms in total. The molecule has 0 aromatic heterocycles. The van der Waals surface area contributed by atoms with Gasteiger partial charge in [-0.15, -0.1) is 0 Å². The topological polar surface area (TPSA) is 85.3 Å². The van der Waals surface area contributed by atoms with E-state index >= 15 is 0 Å². The van der Waals surface area contributed by atoms with Crippen molar-refractivity contribution in [2.45, 2.75) is 59.1 Å². The highest BCUT2D eigenvalue weighted by Crippen LogP contribution is 2.40. The third-order valence-corrected chi connectivity index (χ3v) is 5.95. The first kappa shape index (κ1) is 27.3. The third-order valence-electron chi connectivity index (χ3n) is 5.95. The summed E-state index contributed by atoms with van der Waals surface area (Å²) < 4.78 is 17.1. The number of hydrogen-bond donors (Lipinski definition) is 1. The van der Waals surface area contributed by atoms with Crippen LogP contribution in [0, 0.1) is 0 Å². The quantitative estimate of drug-likeness (QED) is 0.171. The molecule has 194 valence electrons. The Kier molecular flexibility index (Phi) is 9.94. The molecule has 1 amide bonds. The predicted octanol–water partition coefficient (Wildman–Crippen LogP) is 5.50. The maximum Gasteiger partial charge on any atom is 0.295 e. The van der Waals surface area contributed by atoms with E-state index < -0.39 is 17.7 Å². The molecule has 36 heavy (non-hydrogen) atoms. The number of carbonyl (C=O) groups excluding carboxylic acids is 2. The summed E-state index contributed by atoms with van der Waals surface area (Å²) in [4.78, 5) is 27.7. The fraction of sp³-hybridized carbons (Fsp3) is 0.448. The Balaban J connectivity index is 1.96. The maximum atomic E-state index is 13.2. The fourth-order valence-electron chi connectivity index (χ4n) is 4.19. The van der Waals surface area contributed by atoms with Crippen LogP contribution in [0.5, 0.6) is 11.5 Å². The average Bonchev–Trinajstić information content (AvgIpc) is 3.12. The van der Waals surface area contributed by atoms with Gasteiger partial charge in [0.25, 0.3) is 11.7 Å². The second-order valence-electron chi connectivity index (χ2n) is 9.00. The first-order valence-corrected chi connectivity index (χ1v) is 12.7. The highest BCUT2D eigenvalue weighted by molar-refractivity contribution is 6.46. The molecule has 1 N–H and O–H groups in total. The van der Waals surface area contributed by atoms with Gasteiger partial charge >= 0.3 is 0 Å². The minimum absolute atomic E-state index is 0.00994. The number of amides is 1. The average molecular weight is 496 g/mol. The Labute approximate surface area is 213 Å². The number of carbonyl (C=O) groups is 2. The van der Waals surface area contributed by atoms with Gasteiger partial charge in [-0.1, -0.05) is 31.9 Å². The van der Waals surface area contributed by atoms with E-state index in [1.807, 2.05) is 39.0 Å². The van der Waals surface area contributed by atoms with Crippen molar-refractivity contribution in [3.8, 4) is 11.5 Å². The summed E-state index contributed by atoms with van der Waals surface area (Å²) in [5, 5.41) is 11.3. The van der Waals surface area contributed by atoms with Gasteiger partial charge in [0.05, 0.1) is 37.5 Å². The van der Waals surface area contributed by atoms with Crippen molar-refractivity contribution in [3.63, 3.8) is 0 Å². The Hall–Kier alpha value is -3.32. The summed E-state index contributed by atoms with van der Waals surface area (Å²) >= 11 is 0. The van der Waals surface area contributed by atoms with Crippen LogP contribution in [0.15, 0.2) is 54.1 Å². The smallest absolute Gasteiger partial charge is 0.295 e. The minimum Gasteiger partial charge on any atom is -0.507 e. The lowest BCUT2D eigenvalue weighted by Crippen LogP contribution is -2.33. The van der Waals surface area contributed by atoms with E-state index in [0.29, 0.717) is 35.8 Å². The van der Waals surface area contributed by atoms with Crippen molar-refractivity contribution in [1.82, 2.24) is 4.90 Å². The molecule has 1 fully saturated rings. The minimum atomic E-state index is -0.758. The molecule has 1 saturated heterocycles. The molecule has 3 rings (SSSR count). The molecule has 7 heteroatoms. The number of hydrogen-bond acceptors (Lipinski definition) is 6. The molecule has 0 radical (unpaired) electrons. The van der Waals surface area contributed by atoms with Gasteiger partial charge in [0.15, 0.2) is 0 Å². The van der Waals surface area contributed by atoms with Crippen LogP contribution in [0.2, 0.25) is 0 Å². The van der Waals surface area contributed by atoms with E-state index in [9.17, 15) is 14.7 Å². The molecule has 0 saturated carbocycles. The number of Topliss-reactive ketones (excluding diaryl/α,β-unsaturated/α-hetero) is 1. The Morgan fingerprint density at radius 3 is 2.39 bits per heavy atom.